The second kappa shape index (κ2) is 17.7. The van der Waals surface area contributed by atoms with Crippen LogP contribution in [0.15, 0.2) is 22.8 Å². The van der Waals surface area contributed by atoms with Crippen LogP contribution in [0.1, 0.15) is 77.6 Å². The highest BCUT2D eigenvalue weighted by atomic mass is 16.3. The van der Waals surface area contributed by atoms with Gasteiger partial charge in [0.15, 0.2) is 5.88 Å². The van der Waals surface area contributed by atoms with Gasteiger partial charge in [-0.05, 0) is 31.2 Å². The number of unbranched alkanes of at least 4 members (excludes halogenated alkanes) is 4. The number of hydrogen-bond acceptors (Lipinski definition) is 5. The lowest BCUT2D eigenvalue weighted by molar-refractivity contribution is -0.124. The lowest BCUT2D eigenvalue weighted by Gasteiger charge is -2.12. The summed E-state index contributed by atoms with van der Waals surface area (Å²) in [7, 11) is 1.00. The van der Waals surface area contributed by atoms with Crippen molar-refractivity contribution < 1.29 is 24.2 Å². The molecule has 6 nitrogen and oxygen atoms in total. The standard InChI is InChI=1S/C13H19NO3.C7H14O.CH4O/c15-11(8-7-10-4-1-2-5-10)13(16)14-12-6-3-9-17-12;1-2-3-4-5-6-7-8;1-2/h3,6,9-11,15H,1-2,4-5,7-8H2,(H,14,16);7H,2-6H2,1H3;2H,1H3. The molecule has 0 spiro atoms. The van der Waals surface area contributed by atoms with Gasteiger partial charge in [-0.3, -0.25) is 10.1 Å². The van der Waals surface area contributed by atoms with Crippen LogP contribution >= 0.6 is 0 Å². The second-order valence-electron chi connectivity index (χ2n) is 6.73. The van der Waals surface area contributed by atoms with E-state index in [9.17, 15) is 14.7 Å². The SMILES string of the molecule is CCCCCCC=O.CO.O=C(Nc1ccco1)C(O)CCC1CCCC1. The topological polar surface area (TPSA) is 99.8 Å². The van der Waals surface area contributed by atoms with Crippen LogP contribution in [0.2, 0.25) is 0 Å². The molecule has 1 heterocycles. The zero-order valence-corrected chi connectivity index (χ0v) is 16.9. The van der Waals surface area contributed by atoms with Crippen LogP contribution in [0.3, 0.4) is 0 Å². The fraction of sp³-hybridized carbons (Fsp3) is 0.714. The summed E-state index contributed by atoms with van der Waals surface area (Å²) >= 11 is 0. The Bertz CT molecular complexity index is 455. The Labute approximate surface area is 163 Å². The molecule has 27 heavy (non-hydrogen) atoms. The molecule has 0 aromatic carbocycles. The monoisotopic (exact) mass is 383 g/mol. The molecule has 6 heteroatoms. The van der Waals surface area contributed by atoms with E-state index in [2.05, 4.69) is 12.2 Å². The van der Waals surface area contributed by atoms with E-state index in [1.807, 2.05) is 0 Å². The molecule has 1 aromatic heterocycles. The highest BCUT2D eigenvalue weighted by Gasteiger charge is 2.20. The van der Waals surface area contributed by atoms with Crippen LogP contribution in [0.25, 0.3) is 0 Å². The van der Waals surface area contributed by atoms with Gasteiger partial charge in [0.25, 0.3) is 5.91 Å². The molecule has 0 radical (unpaired) electrons. The van der Waals surface area contributed by atoms with Crippen molar-refractivity contribution in [3.05, 3.63) is 18.4 Å². The van der Waals surface area contributed by atoms with Gasteiger partial charge < -0.3 is 19.4 Å². The summed E-state index contributed by atoms with van der Waals surface area (Å²) in [5.41, 5.74) is 0. The Balaban J connectivity index is 0.000000574. The van der Waals surface area contributed by atoms with Gasteiger partial charge in [-0.1, -0.05) is 51.9 Å². The first-order valence-electron chi connectivity index (χ1n) is 10.1. The summed E-state index contributed by atoms with van der Waals surface area (Å²) in [5.74, 6) is 0.703. The van der Waals surface area contributed by atoms with E-state index in [4.69, 9.17) is 9.52 Å². The lowest BCUT2D eigenvalue weighted by Crippen LogP contribution is -2.27. The largest absolute Gasteiger partial charge is 0.449 e. The molecule has 1 amide bonds. The number of aliphatic hydroxyl groups is 2. The van der Waals surface area contributed by atoms with E-state index in [0.717, 1.165) is 32.7 Å². The molecule has 1 atom stereocenters. The summed E-state index contributed by atoms with van der Waals surface area (Å²) in [6.45, 7) is 2.17. The first-order chi connectivity index (χ1) is 13.2. The molecule has 1 unspecified atom stereocenters. The zero-order valence-electron chi connectivity index (χ0n) is 16.9. The van der Waals surface area contributed by atoms with E-state index >= 15 is 0 Å². The normalized spacial score (nSPS) is 14.4. The number of carbonyl (C=O) groups is 2. The Morgan fingerprint density at radius 1 is 1.30 bits per heavy atom. The molecule has 3 N–H and O–H groups in total. The molecule has 0 aliphatic heterocycles. The Hall–Kier alpha value is -1.66. The fourth-order valence-electron chi connectivity index (χ4n) is 3.03. The minimum atomic E-state index is -0.930. The maximum Gasteiger partial charge on any atom is 0.255 e. The first-order valence-corrected chi connectivity index (χ1v) is 10.1. The summed E-state index contributed by atoms with van der Waals surface area (Å²) in [6.07, 6.45) is 13.7. The first kappa shape index (κ1) is 25.3. The molecule has 1 aromatic rings. The van der Waals surface area contributed by atoms with Gasteiger partial charge >= 0.3 is 0 Å². The summed E-state index contributed by atoms with van der Waals surface area (Å²) in [4.78, 5) is 21.4. The number of anilines is 1. The summed E-state index contributed by atoms with van der Waals surface area (Å²) in [6, 6.07) is 3.35. The van der Waals surface area contributed by atoms with Crippen molar-refractivity contribution in [2.24, 2.45) is 5.92 Å². The molecular weight excluding hydrogens is 346 g/mol. The number of carbonyl (C=O) groups excluding carboxylic acids is 2. The Morgan fingerprint density at radius 3 is 2.56 bits per heavy atom. The molecule has 1 aliphatic rings. The van der Waals surface area contributed by atoms with Gasteiger partial charge in [-0.15, -0.1) is 0 Å². The van der Waals surface area contributed by atoms with Crippen molar-refractivity contribution in [3.8, 4) is 0 Å². The Kier molecular flexibility index (Phi) is 16.6. The van der Waals surface area contributed by atoms with Gasteiger partial charge in [-0.25, -0.2) is 0 Å². The quantitative estimate of drug-likeness (QED) is 0.413. The second-order valence-corrected chi connectivity index (χ2v) is 6.73. The number of furan rings is 1. The van der Waals surface area contributed by atoms with Crippen LogP contribution < -0.4 is 5.32 Å². The zero-order chi connectivity index (χ0) is 20.3. The smallest absolute Gasteiger partial charge is 0.255 e. The van der Waals surface area contributed by atoms with Gasteiger partial charge in [-0.2, -0.15) is 0 Å². The highest BCUT2D eigenvalue weighted by molar-refractivity contribution is 5.92. The van der Waals surface area contributed by atoms with Gasteiger partial charge in [0.05, 0.1) is 6.26 Å². The summed E-state index contributed by atoms with van der Waals surface area (Å²) in [5, 5.41) is 19.3. The summed E-state index contributed by atoms with van der Waals surface area (Å²) < 4.78 is 4.99. The van der Waals surface area contributed by atoms with Crippen molar-refractivity contribution in [2.75, 3.05) is 12.4 Å². The van der Waals surface area contributed by atoms with Crippen molar-refractivity contribution >= 4 is 18.1 Å². The van der Waals surface area contributed by atoms with E-state index < -0.39 is 6.10 Å². The van der Waals surface area contributed by atoms with E-state index in [1.165, 1.54) is 51.2 Å². The lowest BCUT2D eigenvalue weighted by atomic mass is 9.99. The van der Waals surface area contributed by atoms with E-state index in [0.29, 0.717) is 18.2 Å². The highest BCUT2D eigenvalue weighted by Crippen LogP contribution is 2.29. The van der Waals surface area contributed by atoms with Crippen LogP contribution in [0.4, 0.5) is 5.88 Å². The number of hydrogen-bond donors (Lipinski definition) is 3. The van der Waals surface area contributed by atoms with E-state index in [1.54, 1.807) is 12.1 Å². The van der Waals surface area contributed by atoms with Crippen LogP contribution in [-0.4, -0.2) is 35.6 Å². The van der Waals surface area contributed by atoms with Crippen molar-refractivity contribution in [1.29, 1.82) is 0 Å². The van der Waals surface area contributed by atoms with Crippen LogP contribution in [-0.2, 0) is 9.59 Å². The third-order valence-electron chi connectivity index (χ3n) is 4.57. The molecule has 1 aliphatic carbocycles. The van der Waals surface area contributed by atoms with Gasteiger partial charge in [0.1, 0.15) is 12.4 Å². The fourth-order valence-corrected chi connectivity index (χ4v) is 3.03. The van der Waals surface area contributed by atoms with Crippen molar-refractivity contribution in [3.63, 3.8) is 0 Å². The predicted molar refractivity (Wildman–Crippen MR) is 108 cm³/mol. The van der Waals surface area contributed by atoms with Crippen molar-refractivity contribution in [2.45, 2.75) is 83.7 Å². The third kappa shape index (κ3) is 13.2. The number of amides is 1. The van der Waals surface area contributed by atoms with E-state index in [-0.39, 0.29) is 5.91 Å². The number of rotatable bonds is 10. The average Bonchev–Trinajstić information content (AvgIpc) is 3.39. The number of aliphatic hydroxyl groups excluding tert-OH is 2. The van der Waals surface area contributed by atoms with Crippen LogP contribution in [0.5, 0.6) is 0 Å². The molecule has 0 saturated heterocycles. The maximum absolute atomic E-state index is 11.6. The van der Waals surface area contributed by atoms with Crippen LogP contribution in [0, 0.1) is 5.92 Å². The molecule has 1 saturated carbocycles. The minimum Gasteiger partial charge on any atom is -0.449 e. The van der Waals surface area contributed by atoms with Gasteiger partial charge in [0, 0.05) is 19.6 Å². The maximum atomic E-state index is 11.6. The predicted octanol–water partition coefficient (Wildman–Crippen LogP) is 4.31. The molecule has 1 fully saturated rings. The van der Waals surface area contributed by atoms with Gasteiger partial charge in [0.2, 0.25) is 0 Å². The molecular formula is C21H37NO5. The third-order valence-corrected chi connectivity index (χ3v) is 4.57. The molecule has 2 rings (SSSR count). The number of aldehydes is 1. The molecule has 156 valence electrons. The Morgan fingerprint density at radius 2 is 2.00 bits per heavy atom. The average molecular weight is 384 g/mol. The molecule has 0 bridgehead atoms. The number of nitrogens with one attached hydrogen (secondary N) is 1. The van der Waals surface area contributed by atoms with Crippen molar-refractivity contribution in [1.82, 2.24) is 0 Å². The minimum absolute atomic E-state index is 0.377.